The van der Waals surface area contributed by atoms with Crippen molar-refractivity contribution in [3.63, 3.8) is 0 Å². The highest BCUT2D eigenvalue weighted by molar-refractivity contribution is 5.56. The van der Waals surface area contributed by atoms with Crippen LogP contribution in [-0.2, 0) is 6.54 Å². The first-order valence-corrected chi connectivity index (χ1v) is 9.36. The van der Waals surface area contributed by atoms with Crippen molar-refractivity contribution in [3.8, 4) is 11.5 Å². The molecule has 0 unspecified atom stereocenters. The minimum Gasteiger partial charge on any atom is -0.494 e. The minimum absolute atomic E-state index is 0.661. The van der Waals surface area contributed by atoms with Crippen LogP contribution >= 0.6 is 0 Å². The van der Waals surface area contributed by atoms with Crippen LogP contribution in [0.15, 0.2) is 48.5 Å². The number of ether oxygens (including phenoxy) is 2. The molecule has 0 radical (unpaired) electrons. The zero-order valence-electron chi connectivity index (χ0n) is 15.8. The van der Waals surface area contributed by atoms with Crippen LogP contribution in [0.3, 0.4) is 0 Å². The molecular formula is C22H31NO2. The number of unbranched alkanes of at least 4 members (excludes halogenated alkanes) is 1. The van der Waals surface area contributed by atoms with E-state index in [9.17, 15) is 0 Å². The van der Waals surface area contributed by atoms with E-state index in [-0.39, 0.29) is 0 Å². The zero-order chi connectivity index (χ0) is 17.9. The number of hydrogen-bond acceptors (Lipinski definition) is 3. The Balaban J connectivity index is 1.90. The summed E-state index contributed by atoms with van der Waals surface area (Å²) < 4.78 is 11.7. The number of para-hydroxylation sites is 2. The molecule has 0 bridgehead atoms. The lowest BCUT2D eigenvalue weighted by Gasteiger charge is -2.14. The molecular weight excluding hydrogens is 310 g/mol. The second kappa shape index (κ2) is 10.7. The van der Waals surface area contributed by atoms with Gasteiger partial charge >= 0.3 is 0 Å². The largest absolute Gasteiger partial charge is 0.494 e. The molecule has 0 atom stereocenters. The van der Waals surface area contributed by atoms with E-state index in [4.69, 9.17) is 9.47 Å². The van der Waals surface area contributed by atoms with E-state index in [1.807, 2.05) is 30.3 Å². The number of nitrogens with one attached hydrogen (secondary N) is 1. The summed E-state index contributed by atoms with van der Waals surface area (Å²) in [5, 5.41) is 3.48. The van der Waals surface area contributed by atoms with Gasteiger partial charge in [-0.3, -0.25) is 0 Å². The zero-order valence-corrected chi connectivity index (χ0v) is 15.8. The normalized spacial score (nSPS) is 10.7. The number of benzene rings is 2. The summed E-state index contributed by atoms with van der Waals surface area (Å²) in [4.78, 5) is 0. The van der Waals surface area contributed by atoms with Crippen molar-refractivity contribution in [1.82, 2.24) is 0 Å². The van der Waals surface area contributed by atoms with E-state index in [1.54, 1.807) is 0 Å². The Labute approximate surface area is 152 Å². The van der Waals surface area contributed by atoms with E-state index >= 15 is 0 Å². The lowest BCUT2D eigenvalue weighted by Crippen LogP contribution is -2.05. The topological polar surface area (TPSA) is 30.5 Å². The van der Waals surface area contributed by atoms with E-state index in [1.165, 1.54) is 5.56 Å². The second-order valence-corrected chi connectivity index (χ2v) is 6.73. The average molecular weight is 341 g/mol. The van der Waals surface area contributed by atoms with Gasteiger partial charge < -0.3 is 14.8 Å². The Morgan fingerprint density at radius 3 is 2.60 bits per heavy atom. The molecule has 25 heavy (non-hydrogen) atoms. The van der Waals surface area contributed by atoms with Gasteiger partial charge in [0.05, 0.1) is 18.9 Å². The summed E-state index contributed by atoms with van der Waals surface area (Å²) in [6.07, 6.45) is 3.29. The van der Waals surface area contributed by atoms with Crippen LogP contribution in [0, 0.1) is 5.92 Å². The number of anilines is 1. The summed E-state index contributed by atoms with van der Waals surface area (Å²) in [5.74, 6) is 2.52. The fourth-order valence-corrected chi connectivity index (χ4v) is 2.42. The van der Waals surface area contributed by atoms with Crippen LogP contribution < -0.4 is 14.8 Å². The molecule has 0 saturated carbocycles. The Bertz CT molecular complexity index is 625. The van der Waals surface area contributed by atoms with E-state index in [0.29, 0.717) is 5.92 Å². The van der Waals surface area contributed by atoms with Gasteiger partial charge in [0.2, 0.25) is 0 Å². The number of rotatable bonds is 11. The SMILES string of the molecule is CCCCOc1ccccc1NCc1cccc(OCCC(C)C)c1. The molecule has 3 nitrogen and oxygen atoms in total. The van der Waals surface area contributed by atoms with Crippen LogP contribution in [0.2, 0.25) is 0 Å². The van der Waals surface area contributed by atoms with E-state index < -0.39 is 0 Å². The van der Waals surface area contributed by atoms with Crippen molar-refractivity contribution in [1.29, 1.82) is 0 Å². The minimum atomic E-state index is 0.661. The Morgan fingerprint density at radius 2 is 1.80 bits per heavy atom. The van der Waals surface area contributed by atoms with Crippen LogP contribution in [0.25, 0.3) is 0 Å². The first kappa shape index (κ1) is 19.2. The third kappa shape index (κ3) is 7.08. The van der Waals surface area contributed by atoms with Crippen molar-refractivity contribution in [2.24, 2.45) is 5.92 Å². The van der Waals surface area contributed by atoms with Crippen molar-refractivity contribution < 1.29 is 9.47 Å². The van der Waals surface area contributed by atoms with Gasteiger partial charge in [-0.2, -0.15) is 0 Å². The predicted octanol–water partition coefficient (Wildman–Crippen LogP) is 5.90. The third-order valence-corrected chi connectivity index (χ3v) is 3.99. The van der Waals surface area contributed by atoms with Crippen LogP contribution in [-0.4, -0.2) is 13.2 Å². The number of hydrogen-bond donors (Lipinski definition) is 1. The summed E-state index contributed by atoms with van der Waals surface area (Å²) in [7, 11) is 0. The average Bonchev–Trinajstić information content (AvgIpc) is 2.61. The maximum absolute atomic E-state index is 5.88. The third-order valence-electron chi connectivity index (χ3n) is 3.99. The molecule has 1 N–H and O–H groups in total. The molecule has 0 amide bonds. The molecule has 0 aromatic heterocycles. The molecule has 0 spiro atoms. The Hall–Kier alpha value is -2.16. The quantitative estimate of drug-likeness (QED) is 0.516. The molecule has 2 rings (SSSR count). The lowest BCUT2D eigenvalue weighted by atomic mass is 10.1. The van der Waals surface area contributed by atoms with Crippen molar-refractivity contribution in [2.75, 3.05) is 18.5 Å². The highest BCUT2D eigenvalue weighted by Gasteiger charge is 2.04. The van der Waals surface area contributed by atoms with Gasteiger partial charge in [0, 0.05) is 6.54 Å². The van der Waals surface area contributed by atoms with Gasteiger partial charge in [0.15, 0.2) is 0 Å². The van der Waals surface area contributed by atoms with E-state index in [0.717, 1.165) is 56.2 Å². The van der Waals surface area contributed by atoms with Crippen molar-refractivity contribution in [2.45, 2.75) is 46.6 Å². The predicted molar refractivity (Wildman–Crippen MR) is 106 cm³/mol. The summed E-state index contributed by atoms with van der Waals surface area (Å²) in [5.41, 5.74) is 2.23. The highest BCUT2D eigenvalue weighted by Crippen LogP contribution is 2.25. The summed E-state index contributed by atoms with van der Waals surface area (Å²) >= 11 is 0. The lowest BCUT2D eigenvalue weighted by molar-refractivity contribution is 0.289. The van der Waals surface area contributed by atoms with Gasteiger partial charge in [-0.1, -0.05) is 51.5 Å². The van der Waals surface area contributed by atoms with Gasteiger partial charge in [0.25, 0.3) is 0 Å². The van der Waals surface area contributed by atoms with Crippen LogP contribution in [0.4, 0.5) is 5.69 Å². The molecule has 0 saturated heterocycles. The molecule has 0 fully saturated rings. The smallest absolute Gasteiger partial charge is 0.142 e. The van der Waals surface area contributed by atoms with Gasteiger partial charge in [0.1, 0.15) is 11.5 Å². The summed E-state index contributed by atoms with van der Waals surface area (Å²) in [6.45, 7) is 8.86. The second-order valence-electron chi connectivity index (χ2n) is 6.73. The molecule has 2 aromatic carbocycles. The van der Waals surface area contributed by atoms with E-state index in [2.05, 4.69) is 44.3 Å². The molecule has 0 aliphatic carbocycles. The maximum atomic E-state index is 5.88. The van der Waals surface area contributed by atoms with Crippen LogP contribution in [0.5, 0.6) is 11.5 Å². The highest BCUT2D eigenvalue weighted by atomic mass is 16.5. The molecule has 0 heterocycles. The van der Waals surface area contributed by atoms with Gasteiger partial charge in [-0.05, 0) is 48.6 Å². The standard InChI is InChI=1S/C22H31NO2/c1-4-5-14-25-22-12-7-6-11-21(22)23-17-19-9-8-10-20(16-19)24-15-13-18(2)3/h6-12,16,18,23H,4-5,13-15,17H2,1-3H3. The molecule has 0 aliphatic rings. The van der Waals surface area contributed by atoms with Crippen molar-refractivity contribution in [3.05, 3.63) is 54.1 Å². The molecule has 0 aliphatic heterocycles. The maximum Gasteiger partial charge on any atom is 0.142 e. The van der Waals surface area contributed by atoms with Gasteiger partial charge in [-0.25, -0.2) is 0 Å². The van der Waals surface area contributed by atoms with Crippen LogP contribution in [0.1, 0.15) is 45.6 Å². The molecule has 136 valence electrons. The Kier molecular flexibility index (Phi) is 8.17. The Morgan fingerprint density at radius 1 is 0.960 bits per heavy atom. The first-order valence-electron chi connectivity index (χ1n) is 9.36. The van der Waals surface area contributed by atoms with Gasteiger partial charge in [-0.15, -0.1) is 0 Å². The first-order chi connectivity index (χ1) is 12.2. The molecule has 3 heteroatoms. The fourth-order valence-electron chi connectivity index (χ4n) is 2.42. The monoisotopic (exact) mass is 341 g/mol. The summed E-state index contributed by atoms with van der Waals surface area (Å²) in [6, 6.07) is 16.4. The molecule has 2 aromatic rings. The fraction of sp³-hybridized carbons (Fsp3) is 0.455. The van der Waals surface area contributed by atoms with Crippen molar-refractivity contribution >= 4 is 5.69 Å².